The fourth-order valence-electron chi connectivity index (χ4n) is 2.13. The number of aryl methyl sites for hydroxylation is 1. The van der Waals surface area contributed by atoms with Gasteiger partial charge in [-0.25, -0.2) is 0 Å². The summed E-state index contributed by atoms with van der Waals surface area (Å²) in [5.41, 5.74) is 2.15. The van der Waals surface area contributed by atoms with E-state index in [-0.39, 0.29) is 17.2 Å². The molecule has 0 radical (unpaired) electrons. The summed E-state index contributed by atoms with van der Waals surface area (Å²) in [6, 6.07) is 9.75. The van der Waals surface area contributed by atoms with Gasteiger partial charge in [-0.1, -0.05) is 36.0 Å². The van der Waals surface area contributed by atoms with Crippen molar-refractivity contribution in [3.05, 3.63) is 29.8 Å². The number of rotatable bonds is 6. The average molecular weight is 327 g/mol. The predicted octanol–water partition coefficient (Wildman–Crippen LogP) is 2.63. The summed E-state index contributed by atoms with van der Waals surface area (Å²) in [5.74, 6) is -0.441. The van der Waals surface area contributed by atoms with Gasteiger partial charge in [-0.2, -0.15) is 5.26 Å². The van der Waals surface area contributed by atoms with E-state index in [1.54, 1.807) is 0 Å². The minimum absolute atomic E-state index is 0.0664. The van der Waals surface area contributed by atoms with E-state index in [0.29, 0.717) is 5.16 Å². The van der Waals surface area contributed by atoms with E-state index in [4.69, 9.17) is 10.7 Å². The monoisotopic (exact) mass is 327 g/mol. The number of aromatic nitrogens is 3. The maximum absolute atomic E-state index is 12.0. The van der Waals surface area contributed by atoms with Crippen molar-refractivity contribution in [3.8, 4) is 17.5 Å². The Morgan fingerprint density at radius 3 is 2.74 bits per heavy atom. The normalized spacial score (nSPS) is 11.7. The first-order valence-corrected chi connectivity index (χ1v) is 7.99. The van der Waals surface area contributed by atoms with Crippen LogP contribution in [0.15, 0.2) is 29.4 Å². The number of benzene rings is 1. The third-order valence-electron chi connectivity index (χ3n) is 3.45. The Morgan fingerprint density at radius 2 is 2.13 bits per heavy atom. The Bertz CT molecular complexity index is 790. The lowest BCUT2D eigenvalue weighted by Gasteiger charge is -2.07. The van der Waals surface area contributed by atoms with Crippen molar-refractivity contribution in [1.29, 1.82) is 10.7 Å². The second-order valence-electron chi connectivity index (χ2n) is 5.18. The molecule has 0 fully saturated rings. The third kappa shape index (κ3) is 3.66. The van der Waals surface area contributed by atoms with Crippen molar-refractivity contribution < 1.29 is 4.79 Å². The number of hydrogen-bond donors (Lipinski definition) is 1. The van der Waals surface area contributed by atoms with Crippen LogP contribution in [0.4, 0.5) is 0 Å². The number of hydrogen-bond acceptors (Lipinski definition) is 6. The molecule has 0 spiro atoms. The predicted molar refractivity (Wildman–Crippen MR) is 89.4 cm³/mol. The van der Waals surface area contributed by atoms with E-state index in [9.17, 15) is 4.79 Å². The van der Waals surface area contributed by atoms with Crippen molar-refractivity contribution in [1.82, 2.24) is 14.8 Å². The van der Waals surface area contributed by atoms with Crippen LogP contribution >= 0.6 is 11.8 Å². The second kappa shape index (κ2) is 7.20. The number of nitrogens with one attached hydrogen (secondary N) is 1. The van der Waals surface area contributed by atoms with E-state index < -0.39 is 5.92 Å². The summed E-state index contributed by atoms with van der Waals surface area (Å²) in [7, 11) is 1.85. The van der Waals surface area contributed by atoms with Gasteiger partial charge in [0.25, 0.3) is 0 Å². The van der Waals surface area contributed by atoms with Gasteiger partial charge in [-0.3, -0.25) is 4.79 Å². The zero-order chi connectivity index (χ0) is 17.0. The lowest BCUT2D eigenvalue weighted by Crippen LogP contribution is -2.21. The van der Waals surface area contributed by atoms with Gasteiger partial charge in [0.15, 0.2) is 16.8 Å². The number of nitriles is 1. The molecule has 0 bridgehead atoms. The van der Waals surface area contributed by atoms with Crippen LogP contribution in [-0.4, -0.2) is 32.0 Å². The SMILES string of the molecule is CC(=N)[C@H](C#N)C(=O)CSc1nnc(-c2ccccc2C)n1C. The highest BCUT2D eigenvalue weighted by Gasteiger charge is 2.21. The van der Waals surface area contributed by atoms with Gasteiger partial charge in [-0.05, 0) is 19.4 Å². The molecule has 23 heavy (non-hydrogen) atoms. The van der Waals surface area contributed by atoms with E-state index in [0.717, 1.165) is 17.0 Å². The Balaban J connectivity index is 2.15. The number of thioether (sulfide) groups is 1. The molecule has 0 aliphatic rings. The van der Waals surface area contributed by atoms with Gasteiger partial charge in [0, 0.05) is 18.3 Å². The smallest absolute Gasteiger partial charge is 0.191 e. The first kappa shape index (κ1) is 16.9. The van der Waals surface area contributed by atoms with Gasteiger partial charge in [0.05, 0.1) is 11.8 Å². The van der Waals surface area contributed by atoms with Gasteiger partial charge in [0.1, 0.15) is 5.92 Å². The average Bonchev–Trinajstić information content (AvgIpc) is 2.87. The molecule has 118 valence electrons. The molecular weight excluding hydrogens is 310 g/mol. The fraction of sp³-hybridized carbons (Fsp3) is 0.312. The first-order chi connectivity index (χ1) is 11.0. The maximum Gasteiger partial charge on any atom is 0.191 e. The quantitative estimate of drug-likeness (QED) is 0.650. The summed E-state index contributed by atoms with van der Waals surface area (Å²) in [6.45, 7) is 3.47. The second-order valence-corrected chi connectivity index (χ2v) is 6.12. The number of carbonyl (C=O) groups is 1. The molecule has 1 aromatic heterocycles. The van der Waals surface area contributed by atoms with Crippen LogP contribution in [0.2, 0.25) is 0 Å². The zero-order valence-electron chi connectivity index (χ0n) is 13.2. The largest absolute Gasteiger partial charge is 0.308 e. The highest BCUT2D eigenvalue weighted by molar-refractivity contribution is 7.99. The van der Waals surface area contributed by atoms with Crippen LogP contribution in [0, 0.1) is 29.6 Å². The number of nitrogens with zero attached hydrogens (tertiary/aromatic N) is 4. The third-order valence-corrected chi connectivity index (χ3v) is 4.49. The molecule has 2 rings (SSSR count). The van der Waals surface area contributed by atoms with Crippen LogP contribution in [-0.2, 0) is 11.8 Å². The van der Waals surface area contributed by atoms with Crippen LogP contribution < -0.4 is 0 Å². The number of ketones is 1. The lowest BCUT2D eigenvalue weighted by atomic mass is 10.0. The molecule has 0 saturated carbocycles. The maximum atomic E-state index is 12.0. The van der Waals surface area contributed by atoms with Gasteiger partial charge < -0.3 is 9.98 Å². The molecule has 1 atom stereocenters. The van der Waals surface area contributed by atoms with E-state index in [1.165, 1.54) is 18.7 Å². The van der Waals surface area contributed by atoms with E-state index in [2.05, 4.69) is 10.2 Å². The first-order valence-electron chi connectivity index (χ1n) is 7.01. The van der Waals surface area contributed by atoms with Crippen LogP contribution in [0.1, 0.15) is 12.5 Å². The summed E-state index contributed by atoms with van der Waals surface area (Å²) in [5, 5.41) is 25.3. The molecule has 1 heterocycles. The zero-order valence-corrected chi connectivity index (χ0v) is 14.0. The minimum Gasteiger partial charge on any atom is -0.308 e. The fourth-order valence-corrected chi connectivity index (χ4v) is 2.94. The topological polar surface area (TPSA) is 95.4 Å². The van der Waals surface area contributed by atoms with Gasteiger partial charge >= 0.3 is 0 Å². The molecule has 0 saturated heterocycles. The van der Waals surface area contributed by atoms with Crippen molar-refractivity contribution in [2.75, 3.05) is 5.75 Å². The molecule has 7 heteroatoms. The van der Waals surface area contributed by atoms with Crippen LogP contribution in [0.25, 0.3) is 11.4 Å². The number of carbonyl (C=O) groups excluding carboxylic acids is 1. The van der Waals surface area contributed by atoms with E-state index in [1.807, 2.05) is 48.9 Å². The lowest BCUT2D eigenvalue weighted by molar-refractivity contribution is -0.117. The summed E-state index contributed by atoms with van der Waals surface area (Å²) < 4.78 is 1.83. The Hall–Kier alpha value is -2.46. The number of Topliss-reactive ketones (excluding diaryl/α,β-unsaturated/α-hetero) is 1. The van der Waals surface area contributed by atoms with Crippen molar-refractivity contribution in [3.63, 3.8) is 0 Å². The molecule has 1 N–H and O–H groups in total. The molecule has 0 amide bonds. The van der Waals surface area contributed by atoms with Crippen LogP contribution in [0.3, 0.4) is 0 Å². The molecule has 1 aromatic carbocycles. The molecule has 2 aromatic rings. The molecule has 0 aliphatic heterocycles. The summed E-state index contributed by atoms with van der Waals surface area (Å²) >= 11 is 1.23. The van der Waals surface area contributed by atoms with Crippen molar-refractivity contribution in [2.24, 2.45) is 13.0 Å². The van der Waals surface area contributed by atoms with E-state index >= 15 is 0 Å². The highest BCUT2D eigenvalue weighted by Crippen LogP contribution is 2.25. The molecular formula is C16H17N5OS. The summed E-state index contributed by atoms with van der Waals surface area (Å²) in [6.07, 6.45) is 0. The summed E-state index contributed by atoms with van der Waals surface area (Å²) in [4.78, 5) is 12.0. The highest BCUT2D eigenvalue weighted by atomic mass is 32.2. The van der Waals surface area contributed by atoms with Crippen molar-refractivity contribution in [2.45, 2.75) is 19.0 Å². The van der Waals surface area contributed by atoms with Gasteiger partial charge in [-0.15, -0.1) is 10.2 Å². The molecule has 0 aliphatic carbocycles. The Labute approximate surface area is 139 Å². The van der Waals surface area contributed by atoms with Gasteiger partial charge in [0.2, 0.25) is 0 Å². The molecule has 6 nitrogen and oxygen atoms in total. The standard InChI is InChI=1S/C16H17N5OS/c1-10-6-4-5-7-12(10)15-19-20-16(21(15)3)23-9-14(22)13(8-17)11(2)18/h4-7,13,18H,9H2,1-3H3/t13-/m0/s1. The Kier molecular flexibility index (Phi) is 5.29. The minimum atomic E-state index is -0.980. The Morgan fingerprint density at radius 1 is 1.43 bits per heavy atom. The molecule has 0 unspecified atom stereocenters. The van der Waals surface area contributed by atoms with Crippen molar-refractivity contribution >= 4 is 23.3 Å². The van der Waals surface area contributed by atoms with Crippen LogP contribution in [0.5, 0.6) is 0 Å².